The fourth-order valence-electron chi connectivity index (χ4n) is 2.81. The largest absolute Gasteiger partial charge is 0.444 e. The first-order valence-corrected chi connectivity index (χ1v) is 8.53. The van der Waals surface area contributed by atoms with E-state index < -0.39 is 5.60 Å². The average molecular weight is 298 g/mol. The fourth-order valence-corrected chi connectivity index (χ4v) is 2.81. The van der Waals surface area contributed by atoms with Crippen LogP contribution in [0.1, 0.15) is 73.1 Å². The molecule has 0 aromatic carbocycles. The minimum absolute atomic E-state index is 0.322. The summed E-state index contributed by atoms with van der Waals surface area (Å²) in [5.41, 5.74) is -0.435. The molecule has 124 valence electrons. The third kappa shape index (κ3) is 8.30. The topological polar surface area (TPSA) is 50.4 Å². The predicted octanol–water partition coefficient (Wildman–Crippen LogP) is 3.85. The van der Waals surface area contributed by atoms with E-state index in [-0.39, 0.29) is 6.09 Å². The normalized spacial score (nSPS) is 18.7. The summed E-state index contributed by atoms with van der Waals surface area (Å²) >= 11 is 0. The maximum absolute atomic E-state index is 11.7. The lowest BCUT2D eigenvalue weighted by atomic mass is 9.81. The van der Waals surface area contributed by atoms with Gasteiger partial charge in [-0.1, -0.05) is 32.6 Å². The summed E-state index contributed by atoms with van der Waals surface area (Å²) < 4.78 is 5.28. The van der Waals surface area contributed by atoms with Gasteiger partial charge in [-0.15, -0.1) is 0 Å². The van der Waals surface area contributed by atoms with Crippen LogP contribution in [0.15, 0.2) is 0 Å². The second kappa shape index (κ2) is 8.62. The molecular formula is C17H34N2O2. The van der Waals surface area contributed by atoms with E-state index in [2.05, 4.69) is 24.5 Å². The van der Waals surface area contributed by atoms with Crippen LogP contribution in [0.2, 0.25) is 0 Å². The molecule has 0 heterocycles. The summed E-state index contributed by atoms with van der Waals surface area (Å²) in [7, 11) is 0. The Kier molecular flexibility index (Phi) is 7.50. The van der Waals surface area contributed by atoms with Gasteiger partial charge in [-0.3, -0.25) is 0 Å². The van der Waals surface area contributed by atoms with E-state index in [0.717, 1.165) is 18.8 Å². The highest BCUT2D eigenvalue weighted by atomic mass is 16.6. The number of nitrogens with one attached hydrogen (secondary N) is 2. The van der Waals surface area contributed by atoms with Crippen LogP contribution < -0.4 is 10.6 Å². The Labute approximate surface area is 130 Å². The number of carbonyl (C=O) groups is 1. The molecule has 1 rings (SSSR count). The Hall–Kier alpha value is -0.770. The molecule has 2 atom stereocenters. The van der Waals surface area contributed by atoms with E-state index in [1.54, 1.807) is 0 Å². The highest BCUT2D eigenvalue weighted by Gasteiger charge is 2.22. The lowest BCUT2D eigenvalue weighted by molar-refractivity contribution is 0.0520. The zero-order chi connectivity index (χ0) is 15.9. The van der Waals surface area contributed by atoms with E-state index in [1.165, 1.54) is 25.7 Å². The lowest BCUT2D eigenvalue weighted by Gasteiger charge is -2.31. The van der Waals surface area contributed by atoms with Gasteiger partial charge in [0.15, 0.2) is 0 Å². The van der Waals surface area contributed by atoms with Gasteiger partial charge in [0.05, 0.1) is 0 Å². The van der Waals surface area contributed by atoms with Crippen molar-refractivity contribution >= 4 is 6.09 Å². The Morgan fingerprint density at radius 2 is 2.00 bits per heavy atom. The molecule has 0 aromatic rings. The molecule has 4 heteroatoms. The zero-order valence-corrected chi connectivity index (χ0v) is 14.5. The number of ether oxygens (including phenoxy) is 1. The van der Waals surface area contributed by atoms with Crippen LogP contribution in [0.5, 0.6) is 0 Å². The first-order valence-electron chi connectivity index (χ1n) is 8.53. The quantitative estimate of drug-likeness (QED) is 0.715. The van der Waals surface area contributed by atoms with Gasteiger partial charge in [-0.05, 0) is 46.5 Å². The van der Waals surface area contributed by atoms with Gasteiger partial charge in [0.25, 0.3) is 0 Å². The maximum Gasteiger partial charge on any atom is 0.407 e. The highest BCUT2D eigenvalue weighted by Crippen LogP contribution is 2.30. The Morgan fingerprint density at radius 1 is 1.33 bits per heavy atom. The molecule has 2 unspecified atom stereocenters. The molecule has 0 radical (unpaired) electrons. The van der Waals surface area contributed by atoms with Crippen molar-refractivity contribution in [2.24, 2.45) is 5.92 Å². The van der Waals surface area contributed by atoms with Crippen LogP contribution in [0.4, 0.5) is 4.79 Å². The van der Waals surface area contributed by atoms with Crippen molar-refractivity contribution < 1.29 is 9.53 Å². The summed E-state index contributed by atoms with van der Waals surface area (Å²) in [6.45, 7) is 10.7. The molecule has 21 heavy (non-hydrogen) atoms. The molecule has 1 saturated carbocycles. The van der Waals surface area contributed by atoms with Gasteiger partial charge >= 0.3 is 6.09 Å². The van der Waals surface area contributed by atoms with Crippen LogP contribution in [0.25, 0.3) is 0 Å². The molecule has 1 fully saturated rings. The van der Waals surface area contributed by atoms with E-state index >= 15 is 0 Å². The Bertz CT molecular complexity index is 308. The van der Waals surface area contributed by atoms with Crippen LogP contribution >= 0.6 is 0 Å². The standard InChI is InChI=1S/C17H34N2O2/c1-6-8-15(12-18-16(20)21-17(3,4)5)19-13(2)11-14-9-7-10-14/h13-15,19H,6-12H2,1-5H3,(H,18,20). The van der Waals surface area contributed by atoms with Crippen LogP contribution in [0, 0.1) is 5.92 Å². The van der Waals surface area contributed by atoms with Gasteiger partial charge in [0.2, 0.25) is 0 Å². The minimum Gasteiger partial charge on any atom is -0.444 e. The summed E-state index contributed by atoms with van der Waals surface area (Å²) in [4.78, 5) is 11.7. The molecule has 0 saturated heterocycles. The summed E-state index contributed by atoms with van der Waals surface area (Å²) in [5, 5.41) is 6.55. The van der Waals surface area contributed by atoms with Crippen LogP contribution in [0.3, 0.4) is 0 Å². The van der Waals surface area contributed by atoms with Gasteiger partial charge in [0.1, 0.15) is 5.60 Å². The first-order chi connectivity index (χ1) is 9.80. The number of rotatable bonds is 8. The Morgan fingerprint density at radius 3 is 2.48 bits per heavy atom. The average Bonchev–Trinajstić information content (AvgIpc) is 2.29. The molecule has 4 nitrogen and oxygen atoms in total. The van der Waals surface area contributed by atoms with Gasteiger partial charge in [0, 0.05) is 18.6 Å². The maximum atomic E-state index is 11.7. The van der Waals surface area contributed by atoms with Crippen molar-refractivity contribution in [2.75, 3.05) is 6.54 Å². The van der Waals surface area contributed by atoms with Gasteiger partial charge in [-0.25, -0.2) is 4.79 Å². The van der Waals surface area contributed by atoms with Crippen molar-refractivity contribution in [3.63, 3.8) is 0 Å². The van der Waals surface area contributed by atoms with Crippen molar-refractivity contribution in [2.45, 2.75) is 90.8 Å². The zero-order valence-electron chi connectivity index (χ0n) is 14.5. The third-order valence-corrected chi connectivity index (χ3v) is 3.96. The number of carbonyl (C=O) groups excluding carboxylic acids is 1. The lowest BCUT2D eigenvalue weighted by Crippen LogP contribution is -2.46. The fraction of sp³-hybridized carbons (Fsp3) is 0.941. The van der Waals surface area contributed by atoms with Crippen LogP contribution in [-0.2, 0) is 4.74 Å². The summed E-state index contributed by atoms with van der Waals surface area (Å²) in [6.07, 6.45) is 7.30. The number of alkyl carbamates (subject to hydrolysis) is 1. The molecule has 2 N–H and O–H groups in total. The number of hydrogen-bond acceptors (Lipinski definition) is 3. The van der Waals surface area contributed by atoms with E-state index in [4.69, 9.17) is 4.74 Å². The van der Waals surface area contributed by atoms with Crippen molar-refractivity contribution in [1.82, 2.24) is 10.6 Å². The molecule has 0 spiro atoms. The molecular weight excluding hydrogens is 264 g/mol. The van der Waals surface area contributed by atoms with Crippen molar-refractivity contribution in [3.05, 3.63) is 0 Å². The molecule has 1 amide bonds. The van der Waals surface area contributed by atoms with Gasteiger partial charge in [-0.2, -0.15) is 0 Å². The Balaban J connectivity index is 2.29. The number of amides is 1. The van der Waals surface area contributed by atoms with E-state index in [0.29, 0.717) is 18.6 Å². The molecule has 0 aromatic heterocycles. The van der Waals surface area contributed by atoms with E-state index in [1.807, 2.05) is 20.8 Å². The molecule has 1 aliphatic rings. The molecule has 1 aliphatic carbocycles. The predicted molar refractivity (Wildman–Crippen MR) is 87.5 cm³/mol. The van der Waals surface area contributed by atoms with E-state index in [9.17, 15) is 4.79 Å². The monoisotopic (exact) mass is 298 g/mol. The van der Waals surface area contributed by atoms with Crippen LogP contribution in [-0.4, -0.2) is 30.3 Å². The second-order valence-electron chi connectivity index (χ2n) is 7.47. The minimum atomic E-state index is -0.435. The van der Waals surface area contributed by atoms with Gasteiger partial charge < -0.3 is 15.4 Å². The second-order valence-corrected chi connectivity index (χ2v) is 7.47. The summed E-state index contributed by atoms with van der Waals surface area (Å²) in [6, 6.07) is 0.852. The van der Waals surface area contributed by atoms with Crippen molar-refractivity contribution in [1.29, 1.82) is 0 Å². The first kappa shape index (κ1) is 18.3. The molecule has 0 aliphatic heterocycles. The van der Waals surface area contributed by atoms with Crippen molar-refractivity contribution in [3.8, 4) is 0 Å². The molecule has 0 bridgehead atoms. The third-order valence-electron chi connectivity index (χ3n) is 3.96. The number of hydrogen-bond donors (Lipinski definition) is 2. The highest BCUT2D eigenvalue weighted by molar-refractivity contribution is 5.67. The summed E-state index contributed by atoms with van der Waals surface area (Å²) in [5.74, 6) is 0.911. The SMILES string of the molecule is CCCC(CNC(=O)OC(C)(C)C)NC(C)CC1CCC1. The smallest absolute Gasteiger partial charge is 0.407 e.